The molecule has 4 amide bonds. The molecule has 4 rings (SSSR count). The van der Waals surface area contributed by atoms with Gasteiger partial charge in [-0.3, -0.25) is 24.1 Å². The van der Waals surface area contributed by atoms with E-state index in [1.165, 1.54) is 0 Å². The molecule has 0 spiro atoms. The molecule has 0 unspecified atom stereocenters. The number of imide groups is 1. The van der Waals surface area contributed by atoms with Gasteiger partial charge in [-0.05, 0) is 23.6 Å². The van der Waals surface area contributed by atoms with Gasteiger partial charge in [0, 0.05) is 44.6 Å². The second-order valence-electron chi connectivity index (χ2n) is 7.87. The number of nitrogens with zero attached hydrogens (tertiary/aromatic N) is 3. The van der Waals surface area contributed by atoms with Crippen LogP contribution in [0.2, 0.25) is 0 Å². The minimum absolute atomic E-state index is 0.0384. The van der Waals surface area contributed by atoms with Gasteiger partial charge in [0.1, 0.15) is 6.54 Å². The van der Waals surface area contributed by atoms with Gasteiger partial charge in [-0.25, -0.2) is 0 Å². The quantitative estimate of drug-likeness (QED) is 0.692. The number of carbonyl (C=O) groups excluding carboxylic acids is 4. The molecular formula is C24H25N3O4. The first kappa shape index (κ1) is 20.8. The van der Waals surface area contributed by atoms with Crippen molar-refractivity contribution in [1.29, 1.82) is 0 Å². The van der Waals surface area contributed by atoms with Crippen LogP contribution in [0.1, 0.15) is 34.3 Å². The first-order valence-corrected chi connectivity index (χ1v) is 10.5. The Morgan fingerprint density at radius 2 is 1.32 bits per heavy atom. The number of benzene rings is 2. The van der Waals surface area contributed by atoms with Gasteiger partial charge in [0.2, 0.25) is 17.7 Å². The molecule has 7 heteroatoms. The maximum Gasteiger partial charge on any atom is 0.254 e. The van der Waals surface area contributed by atoms with Crippen molar-refractivity contribution in [3.63, 3.8) is 0 Å². The van der Waals surface area contributed by atoms with E-state index in [4.69, 9.17) is 0 Å². The average molecular weight is 419 g/mol. The summed E-state index contributed by atoms with van der Waals surface area (Å²) in [5, 5.41) is 0. The Kier molecular flexibility index (Phi) is 6.11. The SMILES string of the molecule is O=C(CN1C(=O)CCC1=O)N1CCN(C(=O)c2ccccc2Cc2ccccc2)CC1. The van der Waals surface area contributed by atoms with Crippen molar-refractivity contribution in [2.75, 3.05) is 32.7 Å². The van der Waals surface area contributed by atoms with E-state index in [0.29, 0.717) is 38.2 Å². The largest absolute Gasteiger partial charge is 0.338 e. The number of rotatable bonds is 5. The van der Waals surface area contributed by atoms with Crippen molar-refractivity contribution in [1.82, 2.24) is 14.7 Å². The van der Waals surface area contributed by atoms with Gasteiger partial charge >= 0.3 is 0 Å². The Bertz CT molecular complexity index is 981. The van der Waals surface area contributed by atoms with Crippen LogP contribution in [0.4, 0.5) is 0 Å². The van der Waals surface area contributed by atoms with Crippen LogP contribution in [0.25, 0.3) is 0 Å². The van der Waals surface area contributed by atoms with Gasteiger partial charge in [-0.15, -0.1) is 0 Å². The third kappa shape index (κ3) is 4.66. The molecule has 2 aliphatic rings. The molecule has 0 N–H and O–H groups in total. The first-order chi connectivity index (χ1) is 15.0. The van der Waals surface area contributed by atoms with E-state index in [1.54, 1.807) is 9.80 Å². The zero-order valence-electron chi connectivity index (χ0n) is 17.3. The van der Waals surface area contributed by atoms with Gasteiger partial charge in [0.15, 0.2) is 0 Å². The minimum atomic E-state index is -0.290. The average Bonchev–Trinajstić information content (AvgIpc) is 3.12. The highest BCUT2D eigenvalue weighted by Gasteiger charge is 2.33. The highest BCUT2D eigenvalue weighted by Crippen LogP contribution is 2.18. The van der Waals surface area contributed by atoms with Crippen molar-refractivity contribution in [3.8, 4) is 0 Å². The second kappa shape index (κ2) is 9.12. The van der Waals surface area contributed by atoms with Crippen LogP contribution >= 0.6 is 0 Å². The molecule has 0 radical (unpaired) electrons. The topological polar surface area (TPSA) is 78.0 Å². The molecule has 2 aromatic rings. The van der Waals surface area contributed by atoms with Crippen LogP contribution in [0, 0.1) is 0 Å². The van der Waals surface area contributed by atoms with E-state index in [-0.39, 0.29) is 43.0 Å². The minimum Gasteiger partial charge on any atom is -0.338 e. The zero-order valence-corrected chi connectivity index (χ0v) is 17.3. The molecule has 160 valence electrons. The molecule has 0 aromatic heterocycles. The van der Waals surface area contributed by atoms with E-state index in [0.717, 1.165) is 16.0 Å². The van der Waals surface area contributed by atoms with E-state index in [9.17, 15) is 19.2 Å². The third-order valence-corrected chi connectivity index (χ3v) is 5.85. The Hall–Kier alpha value is -3.48. The lowest BCUT2D eigenvalue weighted by molar-refractivity contribution is -0.146. The highest BCUT2D eigenvalue weighted by molar-refractivity contribution is 6.04. The summed E-state index contributed by atoms with van der Waals surface area (Å²) in [6.07, 6.45) is 1.03. The van der Waals surface area contributed by atoms with Gasteiger partial charge < -0.3 is 9.80 Å². The zero-order chi connectivity index (χ0) is 21.8. The standard InChI is InChI=1S/C24H25N3O4/c28-21-10-11-22(29)27(21)17-23(30)25-12-14-26(15-13-25)24(31)20-9-5-4-8-19(20)16-18-6-2-1-3-7-18/h1-9H,10-17H2. The maximum atomic E-state index is 13.2. The van der Waals surface area contributed by atoms with Crippen LogP contribution < -0.4 is 0 Å². The molecule has 2 saturated heterocycles. The molecule has 2 aromatic carbocycles. The van der Waals surface area contributed by atoms with Crippen LogP contribution in [0.3, 0.4) is 0 Å². The normalized spacial score (nSPS) is 16.7. The lowest BCUT2D eigenvalue weighted by Crippen LogP contribution is -2.53. The maximum absolute atomic E-state index is 13.2. The number of likely N-dealkylation sites (tertiary alicyclic amines) is 1. The highest BCUT2D eigenvalue weighted by atomic mass is 16.2. The van der Waals surface area contributed by atoms with Crippen LogP contribution in [0.15, 0.2) is 54.6 Å². The van der Waals surface area contributed by atoms with E-state index < -0.39 is 0 Å². The molecular weight excluding hydrogens is 394 g/mol. The summed E-state index contributed by atoms with van der Waals surface area (Å²) in [5.74, 6) is -0.868. The third-order valence-electron chi connectivity index (χ3n) is 5.85. The molecule has 0 aliphatic carbocycles. The lowest BCUT2D eigenvalue weighted by Gasteiger charge is -2.35. The summed E-state index contributed by atoms with van der Waals surface area (Å²) < 4.78 is 0. The van der Waals surface area contributed by atoms with Gasteiger partial charge in [-0.2, -0.15) is 0 Å². The van der Waals surface area contributed by atoms with E-state index in [2.05, 4.69) is 0 Å². The van der Waals surface area contributed by atoms with Gasteiger partial charge in [-0.1, -0.05) is 48.5 Å². The number of carbonyl (C=O) groups is 4. The molecule has 0 bridgehead atoms. The Labute approximate surface area is 181 Å². The molecule has 2 aliphatic heterocycles. The predicted molar refractivity (Wildman–Crippen MR) is 114 cm³/mol. The lowest BCUT2D eigenvalue weighted by atomic mass is 9.99. The molecule has 7 nitrogen and oxygen atoms in total. The summed E-state index contributed by atoms with van der Waals surface area (Å²) in [6.45, 7) is 1.42. The fourth-order valence-electron chi connectivity index (χ4n) is 4.06. The summed E-state index contributed by atoms with van der Waals surface area (Å²) in [4.78, 5) is 53.6. The smallest absolute Gasteiger partial charge is 0.254 e. The van der Waals surface area contributed by atoms with Crippen molar-refractivity contribution in [3.05, 3.63) is 71.3 Å². The molecule has 0 atom stereocenters. The number of hydrogen-bond acceptors (Lipinski definition) is 4. The Morgan fingerprint density at radius 1 is 0.742 bits per heavy atom. The van der Waals surface area contributed by atoms with Crippen LogP contribution in [0.5, 0.6) is 0 Å². The predicted octanol–water partition coefficient (Wildman–Crippen LogP) is 1.71. The van der Waals surface area contributed by atoms with Crippen molar-refractivity contribution in [2.45, 2.75) is 19.3 Å². The van der Waals surface area contributed by atoms with E-state index in [1.807, 2.05) is 54.6 Å². The van der Waals surface area contributed by atoms with Crippen LogP contribution in [-0.2, 0) is 20.8 Å². The molecule has 31 heavy (non-hydrogen) atoms. The van der Waals surface area contributed by atoms with Crippen molar-refractivity contribution < 1.29 is 19.2 Å². The van der Waals surface area contributed by atoms with Gasteiger partial charge in [0.25, 0.3) is 5.91 Å². The second-order valence-corrected chi connectivity index (χ2v) is 7.87. The summed E-state index contributed by atoms with van der Waals surface area (Å²) in [7, 11) is 0. The summed E-state index contributed by atoms with van der Waals surface area (Å²) in [5.41, 5.74) is 2.80. The number of hydrogen-bond donors (Lipinski definition) is 0. The summed E-state index contributed by atoms with van der Waals surface area (Å²) >= 11 is 0. The number of amides is 4. The van der Waals surface area contributed by atoms with E-state index >= 15 is 0 Å². The Morgan fingerprint density at radius 3 is 2.00 bits per heavy atom. The van der Waals surface area contributed by atoms with Gasteiger partial charge in [0.05, 0.1) is 0 Å². The monoisotopic (exact) mass is 419 g/mol. The van der Waals surface area contributed by atoms with Crippen molar-refractivity contribution >= 4 is 23.6 Å². The van der Waals surface area contributed by atoms with Crippen molar-refractivity contribution in [2.24, 2.45) is 0 Å². The summed E-state index contributed by atoms with van der Waals surface area (Å²) in [6, 6.07) is 17.7. The first-order valence-electron chi connectivity index (χ1n) is 10.5. The Balaban J connectivity index is 1.37. The van der Waals surface area contributed by atoms with Crippen LogP contribution in [-0.4, -0.2) is 71.1 Å². The molecule has 2 fully saturated rings. The fraction of sp³-hybridized carbons (Fsp3) is 0.333. The molecule has 2 heterocycles. The molecule has 0 saturated carbocycles. The number of piperazine rings is 1. The fourth-order valence-corrected chi connectivity index (χ4v) is 4.06.